The van der Waals surface area contributed by atoms with Crippen LogP contribution in [0.5, 0.6) is 0 Å². The second-order valence-corrected chi connectivity index (χ2v) is 5.35. The fourth-order valence-electron chi connectivity index (χ4n) is 1.80. The van der Waals surface area contributed by atoms with Gasteiger partial charge >= 0.3 is 6.18 Å². The molecule has 0 heterocycles. The van der Waals surface area contributed by atoms with Crippen LogP contribution in [-0.2, 0) is 6.18 Å². The highest BCUT2D eigenvalue weighted by molar-refractivity contribution is 9.10. The molecule has 0 aliphatic heterocycles. The van der Waals surface area contributed by atoms with Gasteiger partial charge in [0.1, 0.15) is 0 Å². The molecule has 0 amide bonds. The topological polar surface area (TPSA) is 0 Å². The Morgan fingerprint density at radius 2 is 1.63 bits per heavy atom. The molecular formula is C14H9BrClF3. The van der Waals surface area contributed by atoms with Gasteiger partial charge in [0.05, 0.1) is 10.9 Å². The van der Waals surface area contributed by atoms with Crippen LogP contribution in [0.2, 0.25) is 0 Å². The molecule has 1 atom stereocenters. The van der Waals surface area contributed by atoms with E-state index in [9.17, 15) is 13.2 Å². The van der Waals surface area contributed by atoms with Crippen LogP contribution in [0.1, 0.15) is 22.1 Å². The Balaban J connectivity index is 2.51. The van der Waals surface area contributed by atoms with Crippen LogP contribution in [-0.4, -0.2) is 0 Å². The van der Waals surface area contributed by atoms with E-state index in [2.05, 4.69) is 15.9 Å². The third-order valence-electron chi connectivity index (χ3n) is 2.69. The number of halogens is 5. The fraction of sp³-hybridized carbons (Fsp3) is 0.143. The highest BCUT2D eigenvalue weighted by atomic mass is 79.9. The molecule has 0 spiro atoms. The van der Waals surface area contributed by atoms with Crippen LogP contribution in [0.3, 0.4) is 0 Å². The van der Waals surface area contributed by atoms with Crippen LogP contribution < -0.4 is 0 Å². The van der Waals surface area contributed by atoms with Crippen LogP contribution in [0.15, 0.2) is 53.0 Å². The molecule has 0 saturated heterocycles. The third-order valence-corrected chi connectivity index (χ3v) is 3.67. The predicted molar refractivity (Wildman–Crippen MR) is 73.3 cm³/mol. The predicted octanol–water partition coefficient (Wildman–Crippen LogP) is 5.80. The number of hydrogen-bond donors (Lipinski definition) is 0. The number of rotatable bonds is 2. The molecule has 0 bridgehead atoms. The average molecular weight is 350 g/mol. The summed E-state index contributed by atoms with van der Waals surface area (Å²) in [4.78, 5) is 0. The molecule has 0 aromatic heterocycles. The molecule has 100 valence electrons. The first-order valence-corrected chi connectivity index (χ1v) is 6.68. The van der Waals surface area contributed by atoms with Gasteiger partial charge < -0.3 is 0 Å². The van der Waals surface area contributed by atoms with Crippen molar-refractivity contribution in [3.05, 3.63) is 69.7 Å². The third kappa shape index (κ3) is 3.31. The maximum Gasteiger partial charge on any atom is 0.416 e. The molecular weight excluding hydrogens is 341 g/mol. The fourth-order valence-corrected chi connectivity index (χ4v) is 2.49. The molecule has 1 unspecified atom stereocenters. The molecule has 0 nitrogen and oxygen atoms in total. The smallest absolute Gasteiger partial charge is 0.166 e. The van der Waals surface area contributed by atoms with Crippen molar-refractivity contribution in [2.45, 2.75) is 11.6 Å². The second-order valence-electron chi connectivity index (χ2n) is 4.00. The van der Waals surface area contributed by atoms with Crippen LogP contribution in [0, 0.1) is 0 Å². The van der Waals surface area contributed by atoms with E-state index in [1.54, 1.807) is 36.4 Å². The van der Waals surface area contributed by atoms with Gasteiger partial charge in [-0.15, -0.1) is 11.6 Å². The largest absolute Gasteiger partial charge is 0.416 e. The van der Waals surface area contributed by atoms with Crippen LogP contribution in [0.25, 0.3) is 0 Å². The molecule has 2 rings (SSSR count). The SMILES string of the molecule is FC(F)(F)c1cc(Br)ccc1C(Cl)c1ccccc1. The molecule has 2 aromatic carbocycles. The van der Waals surface area contributed by atoms with E-state index in [-0.39, 0.29) is 5.56 Å². The highest BCUT2D eigenvalue weighted by Gasteiger charge is 2.35. The summed E-state index contributed by atoms with van der Waals surface area (Å²) in [5.41, 5.74) is -0.0220. The highest BCUT2D eigenvalue weighted by Crippen LogP contribution is 2.40. The van der Waals surface area contributed by atoms with E-state index in [0.29, 0.717) is 10.0 Å². The number of benzene rings is 2. The maximum atomic E-state index is 13.0. The normalized spacial score (nSPS) is 13.3. The minimum atomic E-state index is -4.43. The Morgan fingerprint density at radius 1 is 1.00 bits per heavy atom. The maximum absolute atomic E-state index is 13.0. The Labute approximate surface area is 122 Å². The average Bonchev–Trinajstić information content (AvgIpc) is 2.38. The van der Waals surface area contributed by atoms with Gasteiger partial charge in [0.15, 0.2) is 0 Å². The van der Waals surface area contributed by atoms with E-state index in [1.807, 2.05) is 0 Å². The van der Waals surface area contributed by atoms with Crippen molar-refractivity contribution in [3.63, 3.8) is 0 Å². The molecule has 0 radical (unpaired) electrons. The van der Waals surface area contributed by atoms with E-state index < -0.39 is 17.1 Å². The molecule has 5 heteroatoms. The van der Waals surface area contributed by atoms with Crippen molar-refractivity contribution >= 4 is 27.5 Å². The van der Waals surface area contributed by atoms with Gasteiger partial charge in [0.2, 0.25) is 0 Å². The van der Waals surface area contributed by atoms with Gasteiger partial charge in [-0.1, -0.05) is 52.3 Å². The summed E-state index contributed by atoms with van der Waals surface area (Å²) in [7, 11) is 0. The van der Waals surface area contributed by atoms with Crippen molar-refractivity contribution in [1.29, 1.82) is 0 Å². The molecule has 19 heavy (non-hydrogen) atoms. The quantitative estimate of drug-likeness (QED) is 0.601. The first kappa shape index (κ1) is 14.4. The molecule has 0 fully saturated rings. The zero-order chi connectivity index (χ0) is 14.0. The lowest BCUT2D eigenvalue weighted by Crippen LogP contribution is -2.10. The number of alkyl halides is 4. The monoisotopic (exact) mass is 348 g/mol. The van der Waals surface area contributed by atoms with Gasteiger partial charge in [-0.05, 0) is 23.3 Å². The van der Waals surface area contributed by atoms with E-state index in [0.717, 1.165) is 6.07 Å². The van der Waals surface area contributed by atoms with Crippen molar-refractivity contribution in [2.75, 3.05) is 0 Å². The van der Waals surface area contributed by atoms with Gasteiger partial charge in [0.25, 0.3) is 0 Å². The summed E-state index contributed by atoms with van der Waals surface area (Å²) in [5, 5.41) is -0.828. The minimum Gasteiger partial charge on any atom is -0.166 e. The zero-order valence-corrected chi connectivity index (χ0v) is 11.9. The lowest BCUT2D eigenvalue weighted by molar-refractivity contribution is -0.138. The second kappa shape index (κ2) is 5.55. The summed E-state index contributed by atoms with van der Waals surface area (Å²) in [6.45, 7) is 0. The lowest BCUT2D eigenvalue weighted by atomic mass is 9.99. The molecule has 0 aliphatic carbocycles. The summed E-state index contributed by atoms with van der Waals surface area (Å²) < 4.78 is 39.5. The Hall–Kier alpha value is -1.00. The molecule has 2 aromatic rings. The lowest BCUT2D eigenvalue weighted by Gasteiger charge is -2.17. The summed E-state index contributed by atoms with van der Waals surface area (Å²) in [6.07, 6.45) is -4.43. The molecule has 0 N–H and O–H groups in total. The Kier molecular flexibility index (Phi) is 4.21. The van der Waals surface area contributed by atoms with Gasteiger partial charge in [0, 0.05) is 4.47 Å². The first-order chi connectivity index (χ1) is 8.89. The first-order valence-electron chi connectivity index (χ1n) is 5.45. The number of hydrogen-bond acceptors (Lipinski definition) is 0. The van der Waals surface area contributed by atoms with Crippen LogP contribution >= 0.6 is 27.5 Å². The zero-order valence-electron chi connectivity index (χ0n) is 9.59. The molecule has 0 aliphatic rings. The summed E-state index contributed by atoms with van der Waals surface area (Å²) in [6, 6.07) is 12.7. The van der Waals surface area contributed by atoms with Gasteiger partial charge in [-0.2, -0.15) is 13.2 Å². The standard InChI is InChI=1S/C14H9BrClF3/c15-10-6-7-11(12(8-10)14(17,18)19)13(16)9-4-2-1-3-5-9/h1-8,13H. The van der Waals surface area contributed by atoms with Crippen molar-refractivity contribution in [1.82, 2.24) is 0 Å². The van der Waals surface area contributed by atoms with Crippen molar-refractivity contribution in [2.24, 2.45) is 0 Å². The van der Waals surface area contributed by atoms with E-state index >= 15 is 0 Å². The summed E-state index contributed by atoms with van der Waals surface area (Å²) in [5.74, 6) is 0. The van der Waals surface area contributed by atoms with Crippen LogP contribution in [0.4, 0.5) is 13.2 Å². The molecule has 0 saturated carbocycles. The van der Waals surface area contributed by atoms with E-state index in [4.69, 9.17) is 11.6 Å². The summed E-state index contributed by atoms with van der Waals surface area (Å²) >= 11 is 9.23. The minimum absolute atomic E-state index is 0.0589. The van der Waals surface area contributed by atoms with E-state index in [1.165, 1.54) is 6.07 Å². The Bertz CT molecular complexity index is 567. The Morgan fingerprint density at radius 3 is 2.21 bits per heavy atom. The van der Waals surface area contributed by atoms with Crippen molar-refractivity contribution in [3.8, 4) is 0 Å². The van der Waals surface area contributed by atoms with Crippen molar-refractivity contribution < 1.29 is 13.2 Å². The van der Waals surface area contributed by atoms with Gasteiger partial charge in [-0.3, -0.25) is 0 Å². The van der Waals surface area contributed by atoms with Gasteiger partial charge in [-0.25, -0.2) is 0 Å².